The first-order valence-corrected chi connectivity index (χ1v) is 12.4. The average molecular weight is 479 g/mol. The molecule has 1 unspecified atom stereocenters. The first-order chi connectivity index (χ1) is 16.8. The number of amides is 1. The van der Waals surface area contributed by atoms with Gasteiger partial charge in [-0.25, -0.2) is 0 Å². The lowest BCUT2D eigenvalue weighted by molar-refractivity contribution is -0.140. The third-order valence-electron chi connectivity index (χ3n) is 6.83. The molecule has 186 valence electrons. The minimum Gasteiger partial charge on any atom is -0.507 e. The molecule has 2 aliphatic heterocycles. The Bertz CT molecular complexity index is 1120. The minimum absolute atomic E-state index is 0.100. The van der Waals surface area contributed by atoms with Crippen LogP contribution in [0.15, 0.2) is 48.0 Å². The first-order valence-electron chi connectivity index (χ1n) is 12.4. The summed E-state index contributed by atoms with van der Waals surface area (Å²) in [5.41, 5.74) is 2.48. The fourth-order valence-electron chi connectivity index (χ4n) is 4.66. The van der Waals surface area contributed by atoms with Crippen molar-refractivity contribution in [1.29, 1.82) is 0 Å². The normalized spacial score (nSPS) is 19.1. The van der Waals surface area contributed by atoms with Gasteiger partial charge in [-0.3, -0.25) is 9.59 Å². The molecule has 35 heavy (non-hydrogen) atoms. The van der Waals surface area contributed by atoms with E-state index < -0.39 is 17.7 Å². The Kier molecular flexibility index (Phi) is 7.45. The Morgan fingerprint density at radius 2 is 1.69 bits per heavy atom. The Morgan fingerprint density at radius 1 is 1.03 bits per heavy atom. The topological polar surface area (TPSA) is 79.3 Å². The number of rotatable bonds is 8. The van der Waals surface area contributed by atoms with Gasteiger partial charge in [-0.05, 0) is 48.3 Å². The van der Waals surface area contributed by atoms with Crippen molar-refractivity contribution in [2.45, 2.75) is 39.7 Å². The van der Waals surface area contributed by atoms with Gasteiger partial charge in [0.1, 0.15) is 19.0 Å². The van der Waals surface area contributed by atoms with E-state index in [1.54, 1.807) is 23.1 Å². The molecule has 2 aromatic carbocycles. The Hall–Kier alpha value is -3.32. The van der Waals surface area contributed by atoms with Gasteiger partial charge in [0, 0.05) is 18.7 Å². The monoisotopic (exact) mass is 478 g/mol. The zero-order valence-corrected chi connectivity index (χ0v) is 20.9. The van der Waals surface area contributed by atoms with Crippen molar-refractivity contribution in [3.8, 4) is 11.5 Å². The van der Waals surface area contributed by atoms with Gasteiger partial charge in [0.05, 0.1) is 11.6 Å². The third-order valence-corrected chi connectivity index (χ3v) is 6.83. The second-order valence-electron chi connectivity index (χ2n) is 9.20. The van der Waals surface area contributed by atoms with Crippen molar-refractivity contribution in [3.63, 3.8) is 0 Å². The molecule has 0 radical (unpaired) electrons. The van der Waals surface area contributed by atoms with E-state index in [1.807, 2.05) is 24.3 Å². The predicted molar refractivity (Wildman–Crippen MR) is 135 cm³/mol. The Morgan fingerprint density at radius 3 is 2.31 bits per heavy atom. The maximum Gasteiger partial charge on any atom is 0.295 e. The molecule has 1 atom stereocenters. The quantitative estimate of drug-likeness (QED) is 0.345. The molecule has 1 fully saturated rings. The third kappa shape index (κ3) is 4.91. The molecule has 1 amide bonds. The van der Waals surface area contributed by atoms with Gasteiger partial charge in [-0.15, -0.1) is 0 Å². The number of likely N-dealkylation sites (N-methyl/N-ethyl adjacent to an activating group) is 1. The summed E-state index contributed by atoms with van der Waals surface area (Å²) in [5, 5.41) is 11.3. The van der Waals surface area contributed by atoms with E-state index in [0.29, 0.717) is 49.3 Å². The molecule has 2 heterocycles. The number of hydrogen-bond donors (Lipinski definition) is 1. The molecule has 2 aliphatic rings. The largest absolute Gasteiger partial charge is 0.507 e. The SMILES string of the molecule is CCN(CC)CCN1C(=O)C(=O)/C(=C(\O)c2ccc3c(c2)OCCO3)C1c1ccc(C(C)C)cc1. The zero-order valence-electron chi connectivity index (χ0n) is 20.9. The van der Waals surface area contributed by atoms with E-state index in [0.717, 1.165) is 18.7 Å². The standard InChI is InChI=1S/C28H34N2O5/c1-5-29(6-2)13-14-30-25(20-9-7-19(8-10-20)18(3)4)24(27(32)28(30)33)26(31)21-11-12-22-23(17-21)35-16-15-34-22/h7-12,17-18,25,31H,5-6,13-16H2,1-4H3/b26-24-. The van der Waals surface area contributed by atoms with Crippen LogP contribution in [0.1, 0.15) is 56.3 Å². The van der Waals surface area contributed by atoms with Crippen LogP contribution in [0.5, 0.6) is 11.5 Å². The van der Waals surface area contributed by atoms with Gasteiger partial charge in [0.25, 0.3) is 11.7 Å². The summed E-state index contributed by atoms with van der Waals surface area (Å²) in [5.74, 6) is -0.00866. The highest BCUT2D eigenvalue weighted by Gasteiger charge is 2.46. The van der Waals surface area contributed by atoms with Crippen LogP contribution in [0, 0.1) is 0 Å². The van der Waals surface area contributed by atoms with Crippen LogP contribution >= 0.6 is 0 Å². The number of ether oxygens (including phenoxy) is 2. The predicted octanol–water partition coefficient (Wildman–Crippen LogP) is 4.34. The summed E-state index contributed by atoms with van der Waals surface area (Å²) in [6.45, 7) is 12.0. The van der Waals surface area contributed by atoms with E-state index in [2.05, 4.69) is 32.6 Å². The second kappa shape index (κ2) is 10.5. The summed E-state index contributed by atoms with van der Waals surface area (Å²) in [4.78, 5) is 30.3. The number of aliphatic hydroxyl groups is 1. The lowest BCUT2D eigenvalue weighted by atomic mass is 9.93. The highest BCUT2D eigenvalue weighted by Crippen LogP contribution is 2.41. The van der Waals surface area contributed by atoms with Crippen molar-refractivity contribution in [2.75, 3.05) is 39.4 Å². The van der Waals surface area contributed by atoms with Gasteiger partial charge >= 0.3 is 0 Å². The minimum atomic E-state index is -0.671. The van der Waals surface area contributed by atoms with Crippen LogP contribution in [0.3, 0.4) is 0 Å². The molecule has 7 heteroatoms. The van der Waals surface area contributed by atoms with Crippen molar-refractivity contribution in [2.24, 2.45) is 0 Å². The molecule has 7 nitrogen and oxygen atoms in total. The molecular weight excluding hydrogens is 444 g/mol. The van der Waals surface area contributed by atoms with Gasteiger partial charge in [-0.1, -0.05) is 52.0 Å². The summed E-state index contributed by atoms with van der Waals surface area (Å²) >= 11 is 0. The van der Waals surface area contributed by atoms with Crippen LogP contribution in [0.25, 0.3) is 5.76 Å². The summed E-state index contributed by atoms with van der Waals surface area (Å²) < 4.78 is 11.2. The molecule has 1 saturated heterocycles. The van der Waals surface area contributed by atoms with Gasteiger partial charge in [0.2, 0.25) is 0 Å². The molecule has 0 saturated carbocycles. The van der Waals surface area contributed by atoms with E-state index >= 15 is 0 Å². The molecule has 2 aromatic rings. The number of benzene rings is 2. The van der Waals surface area contributed by atoms with Gasteiger partial charge in [0.15, 0.2) is 11.5 Å². The van der Waals surface area contributed by atoms with Crippen molar-refractivity contribution in [3.05, 3.63) is 64.7 Å². The number of carbonyl (C=O) groups is 2. The molecule has 0 spiro atoms. The molecule has 1 N–H and O–H groups in total. The average Bonchev–Trinajstić information content (AvgIpc) is 3.13. The molecule has 0 aliphatic carbocycles. The number of carbonyl (C=O) groups excluding carboxylic acids is 2. The summed E-state index contributed by atoms with van der Waals surface area (Å²) in [7, 11) is 0. The fraction of sp³-hybridized carbons (Fsp3) is 0.429. The van der Waals surface area contributed by atoms with Crippen LogP contribution < -0.4 is 9.47 Å². The maximum absolute atomic E-state index is 13.3. The van der Waals surface area contributed by atoms with Crippen molar-refractivity contribution >= 4 is 17.4 Å². The lowest BCUT2D eigenvalue weighted by Crippen LogP contribution is -2.38. The molecule has 0 bridgehead atoms. The number of nitrogens with zero attached hydrogens (tertiary/aromatic N) is 2. The number of aliphatic hydroxyl groups excluding tert-OH is 1. The number of ketones is 1. The summed E-state index contributed by atoms with van der Waals surface area (Å²) in [6.07, 6.45) is 0. The van der Waals surface area contributed by atoms with Gasteiger partial charge < -0.3 is 24.4 Å². The highest BCUT2D eigenvalue weighted by atomic mass is 16.6. The molecule has 4 rings (SSSR count). The fourth-order valence-corrected chi connectivity index (χ4v) is 4.66. The molecule has 0 aromatic heterocycles. The second-order valence-corrected chi connectivity index (χ2v) is 9.20. The first kappa shape index (κ1) is 24.8. The summed E-state index contributed by atoms with van der Waals surface area (Å²) in [6, 6.07) is 12.3. The zero-order chi connectivity index (χ0) is 25.1. The Labute approximate surface area is 206 Å². The van der Waals surface area contributed by atoms with E-state index in [-0.39, 0.29) is 11.3 Å². The maximum atomic E-state index is 13.3. The molecular formula is C28H34N2O5. The van der Waals surface area contributed by atoms with Crippen molar-refractivity contribution in [1.82, 2.24) is 9.80 Å². The van der Waals surface area contributed by atoms with Crippen LogP contribution in [-0.2, 0) is 9.59 Å². The van der Waals surface area contributed by atoms with Crippen LogP contribution in [0.2, 0.25) is 0 Å². The highest BCUT2D eigenvalue weighted by molar-refractivity contribution is 6.46. The van der Waals surface area contributed by atoms with E-state index in [1.165, 1.54) is 5.56 Å². The lowest BCUT2D eigenvalue weighted by Gasteiger charge is -2.28. The van der Waals surface area contributed by atoms with E-state index in [4.69, 9.17) is 9.47 Å². The number of hydrogen-bond acceptors (Lipinski definition) is 6. The van der Waals surface area contributed by atoms with Crippen LogP contribution in [-0.4, -0.2) is 66.0 Å². The number of Topliss-reactive ketones (excluding diaryl/α,β-unsaturated/α-hetero) is 1. The van der Waals surface area contributed by atoms with Crippen LogP contribution in [0.4, 0.5) is 0 Å². The smallest absolute Gasteiger partial charge is 0.295 e. The van der Waals surface area contributed by atoms with E-state index in [9.17, 15) is 14.7 Å². The van der Waals surface area contributed by atoms with Crippen molar-refractivity contribution < 1.29 is 24.2 Å². The Balaban J connectivity index is 1.78. The van der Waals surface area contributed by atoms with Gasteiger partial charge in [-0.2, -0.15) is 0 Å². The number of likely N-dealkylation sites (tertiary alicyclic amines) is 1. The number of fused-ring (bicyclic) bond motifs is 1.